The number of hydrogen-bond acceptors (Lipinski definition) is 2. The Morgan fingerprint density at radius 3 is 2.76 bits per heavy atom. The van der Waals surface area contributed by atoms with Gasteiger partial charge in [0.25, 0.3) is 0 Å². The van der Waals surface area contributed by atoms with Gasteiger partial charge in [0.05, 0.1) is 16.4 Å². The summed E-state index contributed by atoms with van der Waals surface area (Å²) in [5.41, 5.74) is 2.00. The molecule has 0 aromatic carbocycles. The maximum atomic E-state index is 6.28. The van der Waals surface area contributed by atoms with Gasteiger partial charge in [-0.1, -0.05) is 18.0 Å². The molecule has 3 nitrogen and oxygen atoms in total. The highest BCUT2D eigenvalue weighted by molar-refractivity contribution is 6.31. The number of nitrogens with zero attached hydrogens (tertiary/aromatic N) is 3. The molecule has 1 unspecified atom stereocenters. The number of hydrogen-bond donors (Lipinski definition) is 0. The average molecular weight is 276 g/mol. The molecule has 0 aliphatic carbocycles. The Kier molecular flexibility index (Phi) is 4.34. The van der Waals surface area contributed by atoms with Gasteiger partial charge in [-0.3, -0.25) is 9.58 Å². The van der Waals surface area contributed by atoms with Crippen molar-refractivity contribution in [2.45, 2.75) is 38.8 Å². The Morgan fingerprint density at radius 1 is 1.41 bits per heavy atom. The van der Waals surface area contributed by atoms with Crippen molar-refractivity contribution in [2.24, 2.45) is 7.05 Å². The van der Waals surface area contributed by atoms with Crippen LogP contribution in [0.5, 0.6) is 0 Å². The highest BCUT2D eigenvalue weighted by Gasteiger charge is 2.24. The van der Waals surface area contributed by atoms with Gasteiger partial charge in [-0.25, -0.2) is 0 Å². The predicted molar refractivity (Wildman–Crippen MR) is 71.7 cm³/mol. The summed E-state index contributed by atoms with van der Waals surface area (Å²) in [4.78, 5) is 2.43. The van der Waals surface area contributed by atoms with Crippen molar-refractivity contribution in [2.75, 3.05) is 12.4 Å². The number of rotatable bonds is 3. The van der Waals surface area contributed by atoms with Gasteiger partial charge in [0.1, 0.15) is 0 Å². The van der Waals surface area contributed by atoms with Crippen LogP contribution in [0.2, 0.25) is 5.02 Å². The van der Waals surface area contributed by atoms with Gasteiger partial charge >= 0.3 is 0 Å². The van der Waals surface area contributed by atoms with Crippen LogP contribution in [0.3, 0.4) is 0 Å². The summed E-state index contributed by atoms with van der Waals surface area (Å²) in [7, 11) is 1.95. The third-order valence-corrected chi connectivity index (χ3v) is 4.39. The van der Waals surface area contributed by atoms with Gasteiger partial charge in [-0.15, -0.1) is 11.6 Å². The Morgan fingerprint density at radius 2 is 2.18 bits per heavy atom. The van der Waals surface area contributed by atoms with E-state index >= 15 is 0 Å². The number of aromatic nitrogens is 2. The monoisotopic (exact) mass is 275 g/mol. The maximum Gasteiger partial charge on any atom is 0.0860 e. The molecule has 2 heterocycles. The van der Waals surface area contributed by atoms with E-state index in [-0.39, 0.29) is 0 Å². The molecule has 1 aromatic rings. The van der Waals surface area contributed by atoms with E-state index in [1.165, 1.54) is 19.3 Å². The number of piperidine rings is 1. The zero-order valence-corrected chi connectivity index (χ0v) is 11.9. The minimum Gasteiger partial charge on any atom is -0.293 e. The average Bonchev–Trinajstić information content (AvgIpc) is 2.57. The molecule has 17 heavy (non-hydrogen) atoms. The fourth-order valence-electron chi connectivity index (χ4n) is 2.49. The molecule has 1 fully saturated rings. The van der Waals surface area contributed by atoms with E-state index in [4.69, 9.17) is 23.2 Å². The lowest BCUT2D eigenvalue weighted by molar-refractivity contribution is 0.151. The van der Waals surface area contributed by atoms with Crippen LogP contribution in [0.25, 0.3) is 0 Å². The van der Waals surface area contributed by atoms with Crippen molar-refractivity contribution in [3.63, 3.8) is 0 Å². The standard InChI is InChI=1S/C12H19Cl2N3/c1-9-12(14)11(16(2)15-9)8-17-6-4-3-5-10(17)7-13/h10H,3-8H2,1-2H3. The van der Waals surface area contributed by atoms with Crippen LogP contribution < -0.4 is 0 Å². The number of alkyl halides is 1. The largest absolute Gasteiger partial charge is 0.293 e. The second-order valence-electron chi connectivity index (χ2n) is 4.74. The number of likely N-dealkylation sites (tertiary alicyclic amines) is 1. The van der Waals surface area contributed by atoms with Crippen LogP contribution in [0.1, 0.15) is 30.7 Å². The van der Waals surface area contributed by atoms with Crippen molar-refractivity contribution in [1.29, 1.82) is 0 Å². The van der Waals surface area contributed by atoms with Crippen LogP contribution in [0.4, 0.5) is 0 Å². The highest BCUT2D eigenvalue weighted by atomic mass is 35.5. The number of aryl methyl sites for hydroxylation is 2. The van der Waals surface area contributed by atoms with E-state index < -0.39 is 0 Å². The second-order valence-corrected chi connectivity index (χ2v) is 5.43. The van der Waals surface area contributed by atoms with E-state index in [2.05, 4.69) is 10.00 Å². The SMILES string of the molecule is Cc1nn(C)c(CN2CCCCC2CCl)c1Cl. The second kappa shape index (κ2) is 5.59. The highest BCUT2D eigenvalue weighted by Crippen LogP contribution is 2.25. The van der Waals surface area contributed by atoms with Crippen LogP contribution in [0, 0.1) is 6.92 Å². The summed E-state index contributed by atoms with van der Waals surface area (Å²) < 4.78 is 1.89. The molecule has 5 heteroatoms. The Bertz CT molecular complexity index is 389. The molecule has 0 N–H and O–H groups in total. The maximum absolute atomic E-state index is 6.28. The van der Waals surface area contributed by atoms with Gasteiger partial charge in [-0.05, 0) is 26.3 Å². The third kappa shape index (κ3) is 2.78. The molecule has 0 bridgehead atoms. The Balaban J connectivity index is 2.13. The quantitative estimate of drug-likeness (QED) is 0.791. The zero-order valence-electron chi connectivity index (χ0n) is 10.4. The molecular weight excluding hydrogens is 257 g/mol. The summed E-state index contributed by atoms with van der Waals surface area (Å²) >= 11 is 12.3. The summed E-state index contributed by atoms with van der Waals surface area (Å²) in [5, 5.41) is 5.15. The lowest BCUT2D eigenvalue weighted by Gasteiger charge is -2.34. The van der Waals surface area contributed by atoms with Crippen LogP contribution in [0.15, 0.2) is 0 Å². The van der Waals surface area contributed by atoms with Crippen LogP contribution >= 0.6 is 23.2 Å². The zero-order chi connectivity index (χ0) is 12.4. The van der Waals surface area contributed by atoms with E-state index in [0.717, 1.165) is 29.5 Å². The molecule has 1 aliphatic rings. The fourth-order valence-corrected chi connectivity index (χ4v) is 3.06. The van der Waals surface area contributed by atoms with E-state index in [1.807, 2.05) is 18.7 Å². The van der Waals surface area contributed by atoms with Crippen molar-refractivity contribution in [1.82, 2.24) is 14.7 Å². The van der Waals surface area contributed by atoms with Crippen molar-refractivity contribution in [3.8, 4) is 0 Å². The Hall–Kier alpha value is -0.250. The van der Waals surface area contributed by atoms with Crippen LogP contribution in [-0.2, 0) is 13.6 Å². The van der Waals surface area contributed by atoms with Crippen molar-refractivity contribution in [3.05, 3.63) is 16.4 Å². The van der Waals surface area contributed by atoms with Crippen LogP contribution in [-0.4, -0.2) is 33.1 Å². The van der Waals surface area contributed by atoms with Gasteiger partial charge < -0.3 is 0 Å². The molecule has 0 saturated carbocycles. The van der Waals surface area contributed by atoms with Gasteiger partial charge in [0, 0.05) is 25.5 Å². The Labute approximate surface area is 113 Å². The predicted octanol–water partition coefficient (Wildman–Crippen LogP) is 2.98. The summed E-state index contributed by atoms with van der Waals surface area (Å²) in [6.45, 7) is 3.91. The van der Waals surface area contributed by atoms with E-state index in [1.54, 1.807) is 0 Å². The molecule has 96 valence electrons. The fraction of sp³-hybridized carbons (Fsp3) is 0.750. The van der Waals surface area contributed by atoms with Crippen molar-refractivity contribution < 1.29 is 0 Å². The first-order valence-corrected chi connectivity index (χ1v) is 7.02. The lowest BCUT2D eigenvalue weighted by atomic mass is 10.0. The number of halogens is 2. The topological polar surface area (TPSA) is 21.1 Å². The minimum absolute atomic E-state index is 0.483. The third-order valence-electron chi connectivity index (χ3n) is 3.54. The minimum atomic E-state index is 0.483. The van der Waals surface area contributed by atoms with Gasteiger partial charge in [-0.2, -0.15) is 5.10 Å². The molecule has 0 spiro atoms. The molecule has 2 rings (SSSR count). The van der Waals surface area contributed by atoms with E-state index in [0.29, 0.717) is 11.9 Å². The molecule has 1 atom stereocenters. The molecule has 1 saturated heterocycles. The first kappa shape index (κ1) is 13.2. The first-order chi connectivity index (χ1) is 8.13. The smallest absolute Gasteiger partial charge is 0.0860 e. The summed E-state index contributed by atoms with van der Waals surface area (Å²) in [5.74, 6) is 0.703. The normalized spacial score (nSPS) is 22.0. The lowest BCUT2D eigenvalue weighted by Crippen LogP contribution is -2.40. The van der Waals surface area contributed by atoms with Gasteiger partial charge in [0.2, 0.25) is 0 Å². The van der Waals surface area contributed by atoms with Crippen molar-refractivity contribution >= 4 is 23.2 Å². The first-order valence-electron chi connectivity index (χ1n) is 6.11. The van der Waals surface area contributed by atoms with Gasteiger partial charge in [0.15, 0.2) is 0 Å². The molecule has 0 amide bonds. The molecule has 1 aliphatic heterocycles. The van der Waals surface area contributed by atoms with E-state index in [9.17, 15) is 0 Å². The molecule has 1 aromatic heterocycles. The molecular formula is C12H19Cl2N3. The summed E-state index contributed by atoms with van der Waals surface area (Å²) in [6, 6.07) is 0.483. The molecule has 0 radical (unpaired) electrons. The summed E-state index contributed by atoms with van der Waals surface area (Å²) in [6.07, 6.45) is 3.73.